The van der Waals surface area contributed by atoms with Gasteiger partial charge in [0.2, 0.25) is 0 Å². The SMILES string of the molecule is CN(CCc1cc[nH]c1)C(=O)N1CCNCC1. The summed E-state index contributed by atoms with van der Waals surface area (Å²) in [5, 5.41) is 3.25. The number of nitrogens with one attached hydrogen (secondary N) is 2. The highest BCUT2D eigenvalue weighted by molar-refractivity contribution is 5.74. The second-order valence-corrected chi connectivity index (χ2v) is 4.41. The van der Waals surface area contributed by atoms with Crippen LogP contribution < -0.4 is 5.32 Å². The maximum absolute atomic E-state index is 12.1. The largest absolute Gasteiger partial charge is 0.367 e. The van der Waals surface area contributed by atoms with Gasteiger partial charge in [-0.05, 0) is 18.1 Å². The van der Waals surface area contributed by atoms with E-state index in [1.165, 1.54) is 5.56 Å². The van der Waals surface area contributed by atoms with Crippen molar-refractivity contribution >= 4 is 6.03 Å². The normalized spacial score (nSPS) is 15.9. The lowest BCUT2D eigenvalue weighted by Crippen LogP contribution is -2.50. The average molecular weight is 236 g/mol. The number of hydrogen-bond donors (Lipinski definition) is 2. The molecule has 5 nitrogen and oxygen atoms in total. The number of likely N-dealkylation sites (N-methyl/N-ethyl adjacent to an activating group) is 1. The Morgan fingerprint density at radius 1 is 1.47 bits per heavy atom. The summed E-state index contributed by atoms with van der Waals surface area (Å²) in [5.41, 5.74) is 1.24. The first kappa shape index (κ1) is 12.0. The number of carbonyl (C=O) groups is 1. The fraction of sp³-hybridized carbons (Fsp3) is 0.583. The van der Waals surface area contributed by atoms with Gasteiger partial charge in [-0.3, -0.25) is 0 Å². The summed E-state index contributed by atoms with van der Waals surface area (Å²) in [6.07, 6.45) is 4.79. The lowest BCUT2D eigenvalue weighted by Gasteiger charge is -2.31. The van der Waals surface area contributed by atoms with E-state index in [4.69, 9.17) is 0 Å². The predicted octanol–water partition coefficient (Wildman–Crippen LogP) is 0.514. The van der Waals surface area contributed by atoms with E-state index < -0.39 is 0 Å². The first-order valence-electron chi connectivity index (χ1n) is 6.10. The van der Waals surface area contributed by atoms with Gasteiger partial charge in [0, 0.05) is 52.2 Å². The number of piperazine rings is 1. The van der Waals surface area contributed by atoms with Crippen LogP contribution in [0.25, 0.3) is 0 Å². The summed E-state index contributed by atoms with van der Waals surface area (Å²) in [6, 6.07) is 2.19. The van der Waals surface area contributed by atoms with Crippen LogP contribution in [0.2, 0.25) is 0 Å². The van der Waals surface area contributed by atoms with E-state index in [9.17, 15) is 4.79 Å². The predicted molar refractivity (Wildman–Crippen MR) is 67.0 cm³/mol. The maximum atomic E-state index is 12.1. The van der Waals surface area contributed by atoms with Crippen molar-refractivity contribution in [2.45, 2.75) is 6.42 Å². The Kier molecular flexibility index (Phi) is 4.03. The molecule has 0 aromatic carbocycles. The Morgan fingerprint density at radius 2 is 2.24 bits per heavy atom. The highest BCUT2D eigenvalue weighted by atomic mass is 16.2. The van der Waals surface area contributed by atoms with Gasteiger partial charge in [0.05, 0.1) is 0 Å². The molecule has 1 aromatic heterocycles. The third kappa shape index (κ3) is 3.23. The molecule has 0 bridgehead atoms. The summed E-state index contributed by atoms with van der Waals surface area (Å²) in [4.78, 5) is 18.8. The Bertz CT molecular complexity index is 343. The first-order chi connectivity index (χ1) is 8.27. The molecule has 2 amide bonds. The number of amides is 2. The number of hydrogen-bond acceptors (Lipinski definition) is 2. The lowest BCUT2D eigenvalue weighted by atomic mass is 10.2. The van der Waals surface area contributed by atoms with Crippen molar-refractivity contribution in [3.05, 3.63) is 24.0 Å². The van der Waals surface area contributed by atoms with E-state index in [0.29, 0.717) is 0 Å². The molecule has 1 aromatic rings. The van der Waals surface area contributed by atoms with E-state index in [0.717, 1.165) is 39.1 Å². The Hall–Kier alpha value is -1.49. The smallest absolute Gasteiger partial charge is 0.319 e. The highest BCUT2D eigenvalue weighted by Crippen LogP contribution is 2.03. The van der Waals surface area contributed by atoms with Crippen LogP contribution in [0.1, 0.15) is 5.56 Å². The molecule has 2 N–H and O–H groups in total. The third-order valence-electron chi connectivity index (χ3n) is 3.11. The molecular formula is C12H20N4O. The van der Waals surface area contributed by atoms with Crippen LogP contribution in [0.15, 0.2) is 18.5 Å². The number of urea groups is 1. The van der Waals surface area contributed by atoms with Crippen molar-refractivity contribution in [2.24, 2.45) is 0 Å². The second-order valence-electron chi connectivity index (χ2n) is 4.41. The molecule has 0 unspecified atom stereocenters. The molecular weight excluding hydrogens is 216 g/mol. The quantitative estimate of drug-likeness (QED) is 0.803. The van der Waals surface area contributed by atoms with Crippen LogP contribution in [0.4, 0.5) is 4.79 Å². The van der Waals surface area contributed by atoms with Crippen molar-refractivity contribution in [3.8, 4) is 0 Å². The topological polar surface area (TPSA) is 51.4 Å². The standard InChI is InChI=1S/C12H20N4O/c1-15(7-3-11-2-4-14-10-11)12(17)16-8-5-13-6-9-16/h2,4,10,13-14H,3,5-9H2,1H3. The van der Waals surface area contributed by atoms with Gasteiger partial charge in [0.25, 0.3) is 0 Å². The summed E-state index contributed by atoms with van der Waals surface area (Å²) >= 11 is 0. The Morgan fingerprint density at radius 3 is 2.88 bits per heavy atom. The zero-order valence-electron chi connectivity index (χ0n) is 10.3. The maximum Gasteiger partial charge on any atom is 0.319 e. The van der Waals surface area contributed by atoms with Gasteiger partial charge in [0.1, 0.15) is 0 Å². The summed E-state index contributed by atoms with van der Waals surface area (Å²) in [7, 11) is 1.87. The van der Waals surface area contributed by atoms with Crippen molar-refractivity contribution in [1.29, 1.82) is 0 Å². The zero-order chi connectivity index (χ0) is 12.1. The van der Waals surface area contributed by atoms with Gasteiger partial charge in [0.15, 0.2) is 0 Å². The molecule has 0 aliphatic carbocycles. The van der Waals surface area contributed by atoms with Crippen LogP contribution in [0.3, 0.4) is 0 Å². The monoisotopic (exact) mass is 236 g/mol. The molecule has 1 saturated heterocycles. The van der Waals surface area contributed by atoms with Gasteiger partial charge in [-0.2, -0.15) is 0 Å². The van der Waals surface area contributed by atoms with Crippen molar-refractivity contribution in [2.75, 3.05) is 39.8 Å². The minimum atomic E-state index is 0.141. The van der Waals surface area contributed by atoms with Crippen LogP contribution in [-0.2, 0) is 6.42 Å². The van der Waals surface area contributed by atoms with E-state index >= 15 is 0 Å². The van der Waals surface area contributed by atoms with Crippen molar-refractivity contribution < 1.29 is 4.79 Å². The van der Waals surface area contributed by atoms with Gasteiger partial charge in [-0.25, -0.2) is 4.79 Å². The number of nitrogens with zero attached hydrogens (tertiary/aromatic N) is 2. The Labute approximate surface area is 102 Å². The number of rotatable bonds is 3. The van der Waals surface area contributed by atoms with Crippen LogP contribution in [0.5, 0.6) is 0 Å². The Balaban J connectivity index is 1.78. The van der Waals surface area contributed by atoms with E-state index in [2.05, 4.69) is 10.3 Å². The highest BCUT2D eigenvalue weighted by Gasteiger charge is 2.19. The average Bonchev–Trinajstić information content (AvgIpc) is 2.89. The van der Waals surface area contributed by atoms with Gasteiger partial charge in [-0.15, -0.1) is 0 Å². The molecule has 0 radical (unpaired) electrons. The number of carbonyl (C=O) groups excluding carboxylic acids is 1. The molecule has 2 heterocycles. The number of aromatic nitrogens is 1. The fourth-order valence-corrected chi connectivity index (χ4v) is 2.00. The first-order valence-corrected chi connectivity index (χ1v) is 6.10. The minimum absolute atomic E-state index is 0.141. The molecule has 2 rings (SSSR count). The number of aromatic amines is 1. The molecule has 17 heavy (non-hydrogen) atoms. The zero-order valence-corrected chi connectivity index (χ0v) is 10.3. The van der Waals surface area contributed by atoms with Gasteiger partial charge >= 0.3 is 6.03 Å². The van der Waals surface area contributed by atoms with Crippen LogP contribution >= 0.6 is 0 Å². The van der Waals surface area contributed by atoms with E-state index in [1.54, 1.807) is 4.90 Å². The molecule has 94 valence electrons. The number of H-pyrrole nitrogens is 1. The third-order valence-corrected chi connectivity index (χ3v) is 3.11. The van der Waals surface area contributed by atoms with Gasteiger partial charge < -0.3 is 20.1 Å². The molecule has 1 aliphatic heterocycles. The van der Waals surface area contributed by atoms with Crippen LogP contribution in [0, 0.1) is 0 Å². The molecule has 5 heteroatoms. The summed E-state index contributed by atoms with van der Waals surface area (Å²) < 4.78 is 0. The van der Waals surface area contributed by atoms with E-state index in [-0.39, 0.29) is 6.03 Å². The lowest BCUT2D eigenvalue weighted by molar-refractivity contribution is 0.156. The summed E-state index contributed by atoms with van der Waals surface area (Å²) in [6.45, 7) is 4.19. The van der Waals surface area contributed by atoms with Crippen molar-refractivity contribution in [3.63, 3.8) is 0 Å². The van der Waals surface area contributed by atoms with Gasteiger partial charge in [-0.1, -0.05) is 0 Å². The molecule has 1 fully saturated rings. The molecule has 0 saturated carbocycles. The minimum Gasteiger partial charge on any atom is -0.367 e. The second kappa shape index (κ2) is 5.72. The molecule has 1 aliphatic rings. The molecule has 0 atom stereocenters. The summed E-state index contributed by atoms with van der Waals surface area (Å²) in [5.74, 6) is 0. The van der Waals surface area contributed by atoms with Crippen LogP contribution in [-0.4, -0.2) is 60.6 Å². The molecule has 0 spiro atoms. The van der Waals surface area contributed by atoms with E-state index in [1.807, 2.05) is 30.4 Å². The fourth-order valence-electron chi connectivity index (χ4n) is 2.00. The van der Waals surface area contributed by atoms with Crippen molar-refractivity contribution in [1.82, 2.24) is 20.1 Å².